The maximum absolute atomic E-state index is 12.7. The Hall–Kier alpha value is -1.15. The second-order valence-corrected chi connectivity index (χ2v) is 7.78. The van der Waals surface area contributed by atoms with Gasteiger partial charge in [-0.3, -0.25) is 4.90 Å². The average molecular weight is 343 g/mol. The van der Waals surface area contributed by atoms with Gasteiger partial charge in [-0.1, -0.05) is 6.08 Å². The number of ether oxygens (including phenoxy) is 3. The van der Waals surface area contributed by atoms with Crippen molar-refractivity contribution in [1.29, 1.82) is 0 Å². The highest BCUT2D eigenvalue weighted by Gasteiger charge is 2.61. The van der Waals surface area contributed by atoms with Crippen LogP contribution in [0.3, 0.4) is 0 Å². The second kappa shape index (κ2) is 6.63. The summed E-state index contributed by atoms with van der Waals surface area (Å²) in [6, 6.07) is -1.13. The summed E-state index contributed by atoms with van der Waals surface area (Å²) in [6.45, 7) is 12.2. The van der Waals surface area contributed by atoms with Crippen molar-refractivity contribution < 1.29 is 29.2 Å². The zero-order valence-corrected chi connectivity index (χ0v) is 15.1. The highest BCUT2D eigenvalue weighted by molar-refractivity contribution is 5.70. The quantitative estimate of drug-likeness (QED) is 0.751. The number of rotatable bonds is 4. The van der Waals surface area contributed by atoms with Crippen LogP contribution in [0.1, 0.15) is 41.0 Å². The molecule has 0 unspecified atom stereocenters. The Labute approximate surface area is 143 Å². The Morgan fingerprint density at radius 3 is 2.46 bits per heavy atom. The van der Waals surface area contributed by atoms with Crippen LogP contribution in [0.25, 0.3) is 0 Å². The predicted molar refractivity (Wildman–Crippen MR) is 87.4 cm³/mol. The first-order chi connectivity index (χ1) is 11.0. The molecule has 0 spiro atoms. The summed E-state index contributed by atoms with van der Waals surface area (Å²) >= 11 is 0. The van der Waals surface area contributed by atoms with Gasteiger partial charge in [0.1, 0.15) is 23.9 Å². The third kappa shape index (κ3) is 3.74. The van der Waals surface area contributed by atoms with Gasteiger partial charge in [-0.05, 0) is 41.0 Å². The molecule has 1 amide bonds. The fourth-order valence-corrected chi connectivity index (χ4v) is 3.42. The van der Waals surface area contributed by atoms with Gasteiger partial charge in [-0.15, -0.1) is 6.58 Å². The van der Waals surface area contributed by atoms with E-state index < -0.39 is 48.4 Å². The Bertz CT molecular complexity index is 486. The highest BCUT2D eigenvalue weighted by atomic mass is 16.8. The van der Waals surface area contributed by atoms with E-state index in [1.165, 1.54) is 4.90 Å². The summed E-state index contributed by atoms with van der Waals surface area (Å²) in [4.78, 5) is 14.2. The Kier molecular flexibility index (Phi) is 5.30. The van der Waals surface area contributed by atoms with Gasteiger partial charge in [0.15, 0.2) is 5.79 Å². The first kappa shape index (κ1) is 19.2. The molecular formula is C17H29NO6. The number of likely N-dealkylation sites (tertiary alicyclic amines) is 1. The molecule has 7 heteroatoms. The lowest BCUT2D eigenvalue weighted by Gasteiger charge is -2.36. The van der Waals surface area contributed by atoms with Crippen molar-refractivity contribution in [2.75, 3.05) is 6.61 Å². The summed E-state index contributed by atoms with van der Waals surface area (Å²) in [6.07, 6.45) is -0.518. The molecule has 138 valence electrons. The minimum atomic E-state index is -1.16. The van der Waals surface area contributed by atoms with Gasteiger partial charge in [-0.2, -0.15) is 0 Å². The van der Waals surface area contributed by atoms with E-state index in [-0.39, 0.29) is 6.04 Å². The molecule has 0 aromatic heterocycles. The molecule has 7 nitrogen and oxygen atoms in total. The number of aliphatic hydroxyl groups is 2. The molecule has 0 saturated carbocycles. The number of amides is 1. The van der Waals surface area contributed by atoms with Gasteiger partial charge in [0.05, 0.1) is 18.7 Å². The number of carbonyl (C=O) groups is 1. The van der Waals surface area contributed by atoms with Crippen LogP contribution in [-0.2, 0) is 14.2 Å². The average Bonchev–Trinajstić information content (AvgIpc) is 2.88. The normalized spacial score (nSPS) is 33.2. The summed E-state index contributed by atoms with van der Waals surface area (Å²) in [5.74, 6) is -0.817. The minimum Gasteiger partial charge on any atom is -0.444 e. The van der Waals surface area contributed by atoms with E-state index >= 15 is 0 Å². The zero-order valence-electron chi connectivity index (χ0n) is 15.1. The van der Waals surface area contributed by atoms with Gasteiger partial charge >= 0.3 is 6.09 Å². The van der Waals surface area contributed by atoms with E-state index in [1.807, 2.05) is 0 Å². The van der Waals surface area contributed by atoms with Crippen molar-refractivity contribution in [1.82, 2.24) is 4.90 Å². The topological polar surface area (TPSA) is 88.5 Å². The summed E-state index contributed by atoms with van der Waals surface area (Å²) in [5.41, 5.74) is -0.677. The monoisotopic (exact) mass is 343 g/mol. The largest absolute Gasteiger partial charge is 0.444 e. The van der Waals surface area contributed by atoms with Crippen LogP contribution >= 0.6 is 0 Å². The molecule has 0 aliphatic carbocycles. The number of carbonyl (C=O) groups excluding carboxylic acids is 1. The molecule has 0 aromatic rings. The van der Waals surface area contributed by atoms with E-state index in [4.69, 9.17) is 14.2 Å². The SMILES string of the molecule is C=CC[C@@H]1[C@H]2OC(C)(C)O[C@H]2[C@H]([C@H](O)CO)N1C(=O)OC(C)(C)C. The van der Waals surface area contributed by atoms with Crippen LogP contribution in [0.5, 0.6) is 0 Å². The van der Waals surface area contributed by atoms with E-state index in [2.05, 4.69) is 6.58 Å². The lowest BCUT2D eigenvalue weighted by Crippen LogP contribution is -2.53. The number of fused-ring (bicyclic) bond motifs is 1. The molecule has 2 saturated heterocycles. The Balaban J connectivity index is 2.37. The van der Waals surface area contributed by atoms with Crippen LogP contribution in [0.4, 0.5) is 4.79 Å². The van der Waals surface area contributed by atoms with Gasteiger partial charge in [0.2, 0.25) is 0 Å². The number of hydrogen-bond donors (Lipinski definition) is 2. The Morgan fingerprint density at radius 2 is 1.96 bits per heavy atom. The van der Waals surface area contributed by atoms with Crippen molar-refractivity contribution in [2.24, 2.45) is 0 Å². The molecule has 0 aromatic carbocycles. The molecule has 2 fully saturated rings. The van der Waals surface area contributed by atoms with E-state index in [9.17, 15) is 15.0 Å². The van der Waals surface area contributed by atoms with Crippen molar-refractivity contribution in [3.63, 3.8) is 0 Å². The van der Waals surface area contributed by atoms with Crippen LogP contribution < -0.4 is 0 Å². The molecule has 0 bridgehead atoms. The number of aliphatic hydroxyl groups excluding tert-OH is 2. The van der Waals surface area contributed by atoms with Gasteiger partial charge in [0.25, 0.3) is 0 Å². The lowest BCUT2D eigenvalue weighted by molar-refractivity contribution is -0.173. The third-order valence-electron chi connectivity index (χ3n) is 4.15. The van der Waals surface area contributed by atoms with Gasteiger partial charge in [-0.25, -0.2) is 4.79 Å². The predicted octanol–water partition coefficient (Wildman–Crippen LogP) is 1.42. The van der Waals surface area contributed by atoms with Crippen LogP contribution in [0.15, 0.2) is 12.7 Å². The Morgan fingerprint density at radius 1 is 1.38 bits per heavy atom. The van der Waals surface area contributed by atoms with Crippen molar-refractivity contribution in [2.45, 2.75) is 82.8 Å². The molecule has 2 aliphatic heterocycles. The van der Waals surface area contributed by atoms with E-state index in [0.29, 0.717) is 6.42 Å². The molecule has 2 heterocycles. The van der Waals surface area contributed by atoms with Crippen LogP contribution in [-0.4, -0.2) is 69.6 Å². The minimum absolute atomic E-state index is 0.379. The first-order valence-corrected chi connectivity index (χ1v) is 8.27. The zero-order chi connectivity index (χ0) is 18.3. The maximum atomic E-state index is 12.7. The summed E-state index contributed by atoms with van der Waals surface area (Å²) in [7, 11) is 0. The first-order valence-electron chi connectivity index (χ1n) is 8.27. The third-order valence-corrected chi connectivity index (χ3v) is 4.15. The van der Waals surface area contributed by atoms with Crippen LogP contribution in [0.2, 0.25) is 0 Å². The lowest BCUT2D eigenvalue weighted by atomic mass is 10.0. The molecule has 0 radical (unpaired) electrons. The maximum Gasteiger partial charge on any atom is 0.411 e. The summed E-state index contributed by atoms with van der Waals surface area (Å²) in [5, 5.41) is 19.8. The fraction of sp³-hybridized carbons (Fsp3) is 0.824. The number of nitrogens with zero attached hydrogens (tertiary/aromatic N) is 1. The second-order valence-electron chi connectivity index (χ2n) is 7.78. The van der Waals surface area contributed by atoms with Crippen molar-refractivity contribution >= 4 is 6.09 Å². The van der Waals surface area contributed by atoms with Crippen molar-refractivity contribution in [3.05, 3.63) is 12.7 Å². The summed E-state index contributed by atoms with van der Waals surface area (Å²) < 4.78 is 17.4. The van der Waals surface area contributed by atoms with Crippen molar-refractivity contribution in [3.8, 4) is 0 Å². The van der Waals surface area contributed by atoms with E-state index in [1.54, 1.807) is 40.7 Å². The molecule has 5 atom stereocenters. The smallest absolute Gasteiger partial charge is 0.411 e. The molecular weight excluding hydrogens is 314 g/mol. The van der Waals surface area contributed by atoms with E-state index in [0.717, 1.165) is 0 Å². The molecule has 2 aliphatic rings. The molecule has 2 N–H and O–H groups in total. The highest BCUT2D eigenvalue weighted by Crippen LogP contribution is 2.43. The van der Waals surface area contributed by atoms with Gasteiger partial charge < -0.3 is 24.4 Å². The number of hydrogen-bond acceptors (Lipinski definition) is 6. The van der Waals surface area contributed by atoms with Gasteiger partial charge in [0, 0.05) is 0 Å². The standard InChI is InChI=1S/C17H29NO6/c1-7-8-10-13-14(23-17(5,6)22-13)12(11(20)9-19)18(10)15(21)24-16(2,3)4/h7,10-14,19-20H,1,8-9H2,2-6H3/t10-,11-,12+,13-,14+/m1/s1. The fourth-order valence-electron chi connectivity index (χ4n) is 3.42. The molecule has 2 rings (SSSR count). The van der Waals surface area contributed by atoms with Crippen LogP contribution in [0, 0.1) is 0 Å². The molecule has 24 heavy (non-hydrogen) atoms.